The molecule has 0 aliphatic carbocycles. The molecule has 1 rings (SSSR count). The van der Waals surface area contributed by atoms with E-state index in [1.54, 1.807) is 25.1 Å². The van der Waals surface area contributed by atoms with Crippen LogP contribution >= 0.6 is 0 Å². The van der Waals surface area contributed by atoms with Crippen LogP contribution < -0.4 is 4.90 Å². The molecule has 1 unspecified atom stereocenters. The van der Waals surface area contributed by atoms with Crippen molar-refractivity contribution in [3.8, 4) is 0 Å². The first-order chi connectivity index (χ1) is 9.16. The molecule has 1 N–H and O–H groups in total. The van der Waals surface area contributed by atoms with Gasteiger partial charge in [-0.15, -0.1) is 0 Å². The molecule has 0 amide bonds. The number of carbonyl (C=O) groups is 1. The van der Waals surface area contributed by atoms with Crippen LogP contribution in [-0.4, -0.2) is 56.5 Å². The van der Waals surface area contributed by atoms with Crippen molar-refractivity contribution >= 4 is 21.8 Å². The lowest BCUT2D eigenvalue weighted by Crippen LogP contribution is -2.33. The first-order valence-electron chi connectivity index (χ1n) is 5.98. The Morgan fingerprint density at radius 3 is 2.35 bits per heavy atom. The third kappa shape index (κ3) is 3.67. The van der Waals surface area contributed by atoms with Gasteiger partial charge in [0.15, 0.2) is 0 Å². The van der Waals surface area contributed by atoms with Gasteiger partial charge in [-0.3, -0.25) is 4.79 Å². The van der Waals surface area contributed by atoms with Crippen molar-refractivity contribution in [3.05, 3.63) is 18.3 Å². The molecule has 0 radical (unpaired) electrons. The Labute approximate surface area is 118 Å². The maximum Gasteiger partial charge on any atom is 0.307 e. The van der Waals surface area contributed by atoms with Crippen molar-refractivity contribution in [1.82, 2.24) is 9.29 Å². The van der Waals surface area contributed by atoms with Crippen LogP contribution in [0.1, 0.15) is 6.92 Å². The quantitative estimate of drug-likeness (QED) is 0.822. The summed E-state index contributed by atoms with van der Waals surface area (Å²) in [5.74, 6) is -1.16. The summed E-state index contributed by atoms with van der Waals surface area (Å²) in [6, 6.07) is 3.06. The SMILES string of the molecule is CC(CN(C)S(=O)(=O)c1ccc(N(C)C)nc1)C(=O)O. The molecule has 0 fully saturated rings. The molecule has 112 valence electrons. The summed E-state index contributed by atoms with van der Waals surface area (Å²) in [6.45, 7) is 1.37. The van der Waals surface area contributed by atoms with Gasteiger partial charge in [0, 0.05) is 33.9 Å². The number of nitrogens with zero attached hydrogens (tertiary/aromatic N) is 3. The van der Waals surface area contributed by atoms with Gasteiger partial charge in [0.25, 0.3) is 0 Å². The molecule has 0 saturated heterocycles. The van der Waals surface area contributed by atoms with E-state index in [1.165, 1.54) is 26.2 Å². The molecule has 0 bridgehead atoms. The Balaban J connectivity index is 2.95. The molecule has 1 aromatic heterocycles. The van der Waals surface area contributed by atoms with Crippen LogP contribution in [0.2, 0.25) is 0 Å². The number of rotatable bonds is 6. The summed E-state index contributed by atoms with van der Waals surface area (Å²) < 4.78 is 25.5. The van der Waals surface area contributed by atoms with Gasteiger partial charge in [0.1, 0.15) is 10.7 Å². The highest BCUT2D eigenvalue weighted by Crippen LogP contribution is 2.17. The van der Waals surface area contributed by atoms with E-state index in [4.69, 9.17) is 5.11 Å². The number of anilines is 1. The summed E-state index contributed by atoms with van der Waals surface area (Å²) in [6.07, 6.45) is 1.27. The van der Waals surface area contributed by atoms with E-state index in [-0.39, 0.29) is 11.4 Å². The third-order valence-corrected chi connectivity index (χ3v) is 4.65. The second-order valence-electron chi connectivity index (χ2n) is 4.77. The second-order valence-corrected chi connectivity index (χ2v) is 6.82. The van der Waals surface area contributed by atoms with Crippen molar-refractivity contribution in [2.45, 2.75) is 11.8 Å². The fourth-order valence-corrected chi connectivity index (χ4v) is 2.74. The van der Waals surface area contributed by atoms with Crippen LogP contribution in [0.4, 0.5) is 5.82 Å². The molecule has 1 heterocycles. The fraction of sp³-hybridized carbons (Fsp3) is 0.500. The van der Waals surface area contributed by atoms with Gasteiger partial charge in [-0.25, -0.2) is 17.7 Å². The van der Waals surface area contributed by atoms with Crippen molar-refractivity contribution in [1.29, 1.82) is 0 Å². The van der Waals surface area contributed by atoms with E-state index in [2.05, 4.69) is 4.98 Å². The lowest BCUT2D eigenvalue weighted by atomic mass is 10.2. The molecule has 0 spiro atoms. The third-order valence-electron chi connectivity index (χ3n) is 2.84. The minimum atomic E-state index is -3.72. The first kappa shape index (κ1) is 16.4. The van der Waals surface area contributed by atoms with Gasteiger partial charge in [-0.2, -0.15) is 0 Å². The molecular weight excluding hydrogens is 282 g/mol. The molecule has 20 heavy (non-hydrogen) atoms. The van der Waals surface area contributed by atoms with Crippen LogP contribution in [-0.2, 0) is 14.8 Å². The highest BCUT2D eigenvalue weighted by molar-refractivity contribution is 7.89. The predicted octanol–water partition coefficient (Wildman–Crippen LogP) is 0.489. The molecule has 7 nitrogen and oxygen atoms in total. The average Bonchev–Trinajstić information content (AvgIpc) is 2.38. The van der Waals surface area contributed by atoms with Crippen molar-refractivity contribution in [2.24, 2.45) is 5.92 Å². The summed E-state index contributed by atoms with van der Waals surface area (Å²) in [7, 11) is 1.24. The zero-order valence-corrected chi connectivity index (χ0v) is 12.8. The minimum Gasteiger partial charge on any atom is -0.481 e. The normalized spacial score (nSPS) is 13.2. The van der Waals surface area contributed by atoms with Gasteiger partial charge in [-0.1, -0.05) is 6.92 Å². The largest absolute Gasteiger partial charge is 0.481 e. The second kappa shape index (κ2) is 6.19. The molecule has 0 aromatic carbocycles. The molecular formula is C12H19N3O4S. The maximum absolute atomic E-state index is 12.3. The number of hydrogen-bond acceptors (Lipinski definition) is 5. The smallest absolute Gasteiger partial charge is 0.307 e. The van der Waals surface area contributed by atoms with Crippen LogP contribution in [0.25, 0.3) is 0 Å². The van der Waals surface area contributed by atoms with Crippen molar-refractivity contribution in [2.75, 3.05) is 32.6 Å². The number of pyridine rings is 1. The maximum atomic E-state index is 12.3. The molecule has 1 atom stereocenters. The van der Waals surface area contributed by atoms with Crippen LogP contribution in [0.5, 0.6) is 0 Å². The topological polar surface area (TPSA) is 90.8 Å². The van der Waals surface area contributed by atoms with Gasteiger partial charge in [-0.05, 0) is 12.1 Å². The molecule has 0 aliphatic heterocycles. The van der Waals surface area contributed by atoms with E-state index in [9.17, 15) is 13.2 Å². The Hall–Kier alpha value is -1.67. The molecule has 0 saturated carbocycles. The zero-order valence-electron chi connectivity index (χ0n) is 11.9. The standard InChI is InChI=1S/C12H19N3O4S/c1-9(12(16)17)8-15(4)20(18,19)10-5-6-11(13-7-10)14(2)3/h5-7,9H,8H2,1-4H3,(H,16,17). The predicted molar refractivity (Wildman–Crippen MR) is 75.2 cm³/mol. The summed E-state index contributed by atoms with van der Waals surface area (Å²) in [5.41, 5.74) is 0. The van der Waals surface area contributed by atoms with Crippen LogP contribution in [0.15, 0.2) is 23.2 Å². The number of carboxylic acids is 1. The Morgan fingerprint density at radius 1 is 1.35 bits per heavy atom. The highest BCUT2D eigenvalue weighted by atomic mass is 32.2. The average molecular weight is 301 g/mol. The lowest BCUT2D eigenvalue weighted by molar-refractivity contribution is -0.141. The molecule has 0 aliphatic rings. The summed E-state index contributed by atoms with van der Waals surface area (Å²) >= 11 is 0. The number of aromatic nitrogens is 1. The monoisotopic (exact) mass is 301 g/mol. The number of aliphatic carboxylic acids is 1. The van der Waals surface area contributed by atoms with Gasteiger partial charge in [0.2, 0.25) is 10.0 Å². The van der Waals surface area contributed by atoms with Gasteiger partial charge < -0.3 is 10.0 Å². The number of carboxylic acid groups (broad SMARTS) is 1. The Kier molecular flexibility index (Phi) is 5.07. The number of hydrogen-bond donors (Lipinski definition) is 1. The summed E-state index contributed by atoms with van der Waals surface area (Å²) in [5, 5.41) is 8.83. The fourth-order valence-electron chi connectivity index (χ4n) is 1.53. The zero-order chi connectivity index (χ0) is 15.5. The van der Waals surface area contributed by atoms with E-state index in [1.807, 2.05) is 0 Å². The minimum absolute atomic E-state index is 0.0446. The summed E-state index contributed by atoms with van der Waals surface area (Å²) in [4.78, 5) is 16.6. The molecule has 8 heteroatoms. The van der Waals surface area contributed by atoms with E-state index in [0.29, 0.717) is 5.82 Å². The van der Waals surface area contributed by atoms with Crippen molar-refractivity contribution in [3.63, 3.8) is 0 Å². The van der Waals surface area contributed by atoms with Gasteiger partial charge >= 0.3 is 5.97 Å². The van der Waals surface area contributed by atoms with Crippen molar-refractivity contribution < 1.29 is 18.3 Å². The first-order valence-corrected chi connectivity index (χ1v) is 7.42. The highest BCUT2D eigenvalue weighted by Gasteiger charge is 2.25. The molecule has 1 aromatic rings. The van der Waals surface area contributed by atoms with E-state index in [0.717, 1.165) is 4.31 Å². The van der Waals surface area contributed by atoms with Crippen LogP contribution in [0, 0.1) is 5.92 Å². The van der Waals surface area contributed by atoms with E-state index < -0.39 is 21.9 Å². The van der Waals surface area contributed by atoms with E-state index >= 15 is 0 Å². The Bertz CT molecular complexity index is 569. The number of sulfonamides is 1. The Morgan fingerprint density at radius 2 is 1.95 bits per heavy atom. The van der Waals surface area contributed by atoms with Crippen LogP contribution in [0.3, 0.4) is 0 Å². The lowest BCUT2D eigenvalue weighted by Gasteiger charge is -2.19. The van der Waals surface area contributed by atoms with Gasteiger partial charge in [0.05, 0.1) is 5.92 Å².